The summed E-state index contributed by atoms with van der Waals surface area (Å²) in [5.41, 5.74) is 1.33. The van der Waals surface area contributed by atoms with Crippen LogP contribution in [0.1, 0.15) is 59.6 Å². The summed E-state index contributed by atoms with van der Waals surface area (Å²) in [6.45, 7) is 4.56. The Morgan fingerprint density at radius 3 is 2.83 bits per heavy atom. The highest BCUT2D eigenvalue weighted by molar-refractivity contribution is 5.95. The number of nitrogens with zero attached hydrogens (tertiary/aromatic N) is 4. The number of morpholine rings is 1. The van der Waals surface area contributed by atoms with Crippen molar-refractivity contribution in [3.8, 4) is 0 Å². The lowest BCUT2D eigenvalue weighted by Crippen LogP contribution is -2.46. The van der Waals surface area contributed by atoms with E-state index in [9.17, 15) is 4.79 Å². The topological polar surface area (TPSA) is 94.5 Å². The van der Waals surface area contributed by atoms with Crippen LogP contribution in [0.25, 0.3) is 0 Å². The summed E-state index contributed by atoms with van der Waals surface area (Å²) >= 11 is 0. The van der Waals surface area contributed by atoms with Crippen LogP contribution in [0.2, 0.25) is 0 Å². The van der Waals surface area contributed by atoms with Crippen LogP contribution in [0.3, 0.4) is 0 Å². The van der Waals surface area contributed by atoms with Gasteiger partial charge in [-0.05, 0) is 26.7 Å². The smallest absolute Gasteiger partial charge is 0.259 e. The summed E-state index contributed by atoms with van der Waals surface area (Å²) in [7, 11) is 0. The van der Waals surface area contributed by atoms with E-state index < -0.39 is 6.10 Å². The van der Waals surface area contributed by atoms with E-state index in [-0.39, 0.29) is 12.0 Å². The monoisotopic (exact) mass is 318 g/mol. The quantitative estimate of drug-likeness (QED) is 0.852. The van der Waals surface area contributed by atoms with Gasteiger partial charge in [0.1, 0.15) is 11.8 Å². The number of carbonyl (C=O) groups excluding carboxylic acids is 1. The van der Waals surface area contributed by atoms with Gasteiger partial charge in [-0.25, -0.2) is 0 Å². The Balaban J connectivity index is 1.55. The molecule has 122 valence electrons. The van der Waals surface area contributed by atoms with Gasteiger partial charge >= 0.3 is 0 Å². The van der Waals surface area contributed by atoms with Crippen LogP contribution < -0.4 is 0 Å². The van der Waals surface area contributed by atoms with E-state index in [2.05, 4.69) is 15.3 Å². The summed E-state index contributed by atoms with van der Waals surface area (Å²) in [5, 5.41) is 7.79. The second-order valence-corrected chi connectivity index (χ2v) is 6.21. The Morgan fingerprint density at radius 1 is 1.30 bits per heavy atom. The van der Waals surface area contributed by atoms with Gasteiger partial charge < -0.3 is 18.7 Å². The van der Waals surface area contributed by atoms with Gasteiger partial charge in [-0.15, -0.1) is 0 Å². The normalized spacial score (nSPS) is 24.9. The Kier molecular flexibility index (Phi) is 3.41. The second kappa shape index (κ2) is 5.45. The summed E-state index contributed by atoms with van der Waals surface area (Å²) in [6, 6.07) is 0. The van der Waals surface area contributed by atoms with Crippen molar-refractivity contribution in [3.05, 3.63) is 29.2 Å². The zero-order chi connectivity index (χ0) is 16.0. The molecule has 1 saturated carbocycles. The van der Waals surface area contributed by atoms with Crippen LogP contribution in [0.15, 0.2) is 15.3 Å². The highest BCUT2D eigenvalue weighted by Crippen LogP contribution is 2.41. The molecule has 0 bridgehead atoms. The summed E-state index contributed by atoms with van der Waals surface area (Å²) < 4.78 is 16.1. The van der Waals surface area contributed by atoms with Gasteiger partial charge in [0.25, 0.3) is 11.8 Å². The van der Waals surface area contributed by atoms with Crippen LogP contribution >= 0.6 is 0 Å². The van der Waals surface area contributed by atoms with E-state index in [0.717, 1.165) is 18.5 Å². The molecule has 0 radical (unpaired) electrons. The first kappa shape index (κ1) is 14.4. The molecule has 0 spiro atoms. The van der Waals surface area contributed by atoms with Crippen LogP contribution in [0, 0.1) is 6.92 Å². The van der Waals surface area contributed by atoms with E-state index in [0.29, 0.717) is 36.3 Å². The summed E-state index contributed by atoms with van der Waals surface area (Å²) in [4.78, 5) is 18.8. The van der Waals surface area contributed by atoms with Crippen molar-refractivity contribution in [3.63, 3.8) is 0 Å². The molecule has 1 amide bonds. The number of hydrogen-bond donors (Lipinski definition) is 0. The van der Waals surface area contributed by atoms with Gasteiger partial charge in [-0.1, -0.05) is 10.3 Å². The molecular formula is C15H18N4O4. The number of carbonyl (C=O) groups is 1. The number of aryl methyl sites for hydroxylation is 1. The van der Waals surface area contributed by atoms with E-state index in [4.69, 9.17) is 13.8 Å². The third-order valence-electron chi connectivity index (χ3n) is 4.16. The molecule has 4 rings (SSSR count). The van der Waals surface area contributed by atoms with Crippen molar-refractivity contribution in [2.24, 2.45) is 0 Å². The molecule has 0 unspecified atom stereocenters. The maximum atomic E-state index is 12.8. The third kappa shape index (κ3) is 2.74. The fourth-order valence-corrected chi connectivity index (χ4v) is 2.92. The van der Waals surface area contributed by atoms with Crippen molar-refractivity contribution in [2.75, 3.05) is 13.1 Å². The number of ether oxygens (including phenoxy) is 1. The summed E-state index contributed by atoms with van der Waals surface area (Å²) in [6.07, 6.45) is 3.05. The fourth-order valence-electron chi connectivity index (χ4n) is 2.92. The Labute approximate surface area is 132 Å². The lowest BCUT2D eigenvalue weighted by atomic mass is 10.1. The van der Waals surface area contributed by atoms with Crippen LogP contribution in [-0.4, -0.2) is 45.3 Å². The van der Waals surface area contributed by atoms with E-state index >= 15 is 0 Å². The molecule has 2 aromatic rings. The average molecular weight is 318 g/mol. The Hall–Kier alpha value is -2.22. The van der Waals surface area contributed by atoms with Crippen molar-refractivity contribution >= 4 is 5.91 Å². The van der Waals surface area contributed by atoms with Gasteiger partial charge in [-0.3, -0.25) is 4.79 Å². The van der Waals surface area contributed by atoms with Gasteiger partial charge in [-0.2, -0.15) is 4.98 Å². The molecule has 0 N–H and O–H groups in total. The van der Waals surface area contributed by atoms with E-state index in [1.54, 1.807) is 11.8 Å². The standard InChI is InChI=1S/C15H18N4O4/c1-8-5-19(6-12(22-8)14-16-9(2)17-23-14)15(20)11-7-21-18-13(11)10-3-4-10/h7-8,10,12H,3-6H2,1-2H3/t8-,12-/m1/s1. The first-order valence-corrected chi connectivity index (χ1v) is 7.81. The lowest BCUT2D eigenvalue weighted by molar-refractivity contribution is -0.0810. The molecule has 2 atom stereocenters. The number of aromatic nitrogens is 3. The third-order valence-corrected chi connectivity index (χ3v) is 4.16. The maximum Gasteiger partial charge on any atom is 0.259 e. The van der Waals surface area contributed by atoms with Gasteiger partial charge in [0, 0.05) is 12.5 Å². The van der Waals surface area contributed by atoms with Crippen molar-refractivity contribution in [1.82, 2.24) is 20.2 Å². The molecule has 2 aliphatic rings. The highest BCUT2D eigenvalue weighted by atomic mass is 16.5. The van der Waals surface area contributed by atoms with E-state index in [1.165, 1.54) is 6.26 Å². The molecule has 23 heavy (non-hydrogen) atoms. The van der Waals surface area contributed by atoms with E-state index in [1.807, 2.05) is 6.92 Å². The first-order chi connectivity index (χ1) is 11.1. The largest absolute Gasteiger partial charge is 0.364 e. The van der Waals surface area contributed by atoms with Crippen molar-refractivity contribution < 1.29 is 18.6 Å². The van der Waals surface area contributed by atoms with Crippen LogP contribution in [0.5, 0.6) is 0 Å². The molecule has 8 nitrogen and oxygen atoms in total. The van der Waals surface area contributed by atoms with Crippen molar-refractivity contribution in [1.29, 1.82) is 0 Å². The second-order valence-electron chi connectivity index (χ2n) is 6.21. The Morgan fingerprint density at radius 2 is 2.13 bits per heavy atom. The minimum absolute atomic E-state index is 0.0791. The fraction of sp³-hybridized carbons (Fsp3) is 0.600. The molecule has 2 fully saturated rings. The van der Waals surface area contributed by atoms with Gasteiger partial charge in [0.15, 0.2) is 11.9 Å². The maximum absolute atomic E-state index is 12.8. The predicted molar refractivity (Wildman–Crippen MR) is 76.7 cm³/mol. The number of amides is 1. The number of rotatable bonds is 3. The first-order valence-electron chi connectivity index (χ1n) is 7.81. The van der Waals surface area contributed by atoms with Crippen LogP contribution in [0.4, 0.5) is 0 Å². The zero-order valence-corrected chi connectivity index (χ0v) is 13.1. The molecule has 8 heteroatoms. The molecule has 1 aliphatic carbocycles. The summed E-state index contributed by atoms with van der Waals surface area (Å²) in [5.74, 6) is 1.24. The van der Waals surface area contributed by atoms with Gasteiger partial charge in [0.05, 0.1) is 18.3 Å². The molecule has 3 heterocycles. The minimum Gasteiger partial charge on any atom is -0.364 e. The highest BCUT2D eigenvalue weighted by Gasteiger charge is 2.37. The lowest BCUT2D eigenvalue weighted by Gasteiger charge is -2.35. The van der Waals surface area contributed by atoms with Gasteiger partial charge in [0.2, 0.25) is 0 Å². The molecule has 0 aromatic carbocycles. The average Bonchev–Trinajstić information content (AvgIpc) is 3.09. The SMILES string of the molecule is Cc1noc([C@H]2CN(C(=O)c3conc3C3CC3)C[C@@H](C)O2)n1. The number of hydrogen-bond acceptors (Lipinski definition) is 7. The minimum atomic E-state index is -0.409. The molecular weight excluding hydrogens is 300 g/mol. The Bertz CT molecular complexity index is 721. The molecule has 1 aliphatic heterocycles. The van der Waals surface area contributed by atoms with Crippen molar-refractivity contribution in [2.45, 2.75) is 44.8 Å². The zero-order valence-electron chi connectivity index (χ0n) is 13.1. The molecule has 2 aromatic heterocycles. The molecule has 1 saturated heterocycles. The van der Waals surface area contributed by atoms with Crippen LogP contribution in [-0.2, 0) is 4.74 Å². The predicted octanol–water partition coefficient (Wildman–Crippen LogP) is 1.85.